The minimum atomic E-state index is -0.313. The standard InChI is InChI=1S/C30H41N3O3/c1-3-5-7-8-9-17-30(23-31)18-15-26(16-19-30)36-29(34)25-13-11-24(12-14-25)28-32-21-27(22-33-28)35-20-10-6-4-2/h11-14,21-22,26H,3-10,15-20H2,1-2H3. The van der Waals surface area contributed by atoms with Crippen molar-refractivity contribution in [3.05, 3.63) is 42.2 Å². The van der Waals surface area contributed by atoms with Crippen molar-refractivity contribution in [2.24, 2.45) is 5.41 Å². The quantitative estimate of drug-likeness (QED) is 0.199. The highest BCUT2D eigenvalue weighted by atomic mass is 16.5. The number of carbonyl (C=O) groups is 1. The smallest absolute Gasteiger partial charge is 0.338 e. The number of aromatic nitrogens is 2. The monoisotopic (exact) mass is 491 g/mol. The lowest BCUT2D eigenvalue weighted by atomic mass is 9.71. The molecule has 1 aliphatic rings. The number of hydrogen-bond acceptors (Lipinski definition) is 6. The van der Waals surface area contributed by atoms with E-state index in [1.54, 1.807) is 24.5 Å². The number of carbonyl (C=O) groups excluding carboxylic acids is 1. The zero-order valence-corrected chi connectivity index (χ0v) is 22.0. The summed E-state index contributed by atoms with van der Waals surface area (Å²) in [5, 5.41) is 9.81. The van der Waals surface area contributed by atoms with Crippen molar-refractivity contribution in [1.29, 1.82) is 5.26 Å². The molecule has 1 saturated carbocycles. The molecule has 3 rings (SSSR count). The molecule has 36 heavy (non-hydrogen) atoms. The fourth-order valence-corrected chi connectivity index (χ4v) is 4.80. The molecule has 1 fully saturated rings. The van der Waals surface area contributed by atoms with E-state index in [2.05, 4.69) is 29.9 Å². The van der Waals surface area contributed by atoms with E-state index in [1.807, 2.05) is 12.1 Å². The molecule has 0 N–H and O–H groups in total. The summed E-state index contributed by atoms with van der Waals surface area (Å²) < 4.78 is 11.5. The maximum absolute atomic E-state index is 12.7. The molecular formula is C30H41N3O3. The maximum atomic E-state index is 12.7. The first kappa shape index (κ1) is 27.6. The molecule has 1 aromatic carbocycles. The first-order chi connectivity index (χ1) is 17.6. The van der Waals surface area contributed by atoms with Crippen LogP contribution >= 0.6 is 0 Å². The van der Waals surface area contributed by atoms with E-state index in [1.165, 1.54) is 25.7 Å². The number of nitrogens with zero attached hydrogens (tertiary/aromatic N) is 3. The molecule has 6 heteroatoms. The second-order valence-electron chi connectivity index (χ2n) is 10.0. The lowest BCUT2D eigenvalue weighted by Gasteiger charge is -2.34. The molecule has 1 aliphatic carbocycles. The summed E-state index contributed by atoms with van der Waals surface area (Å²) in [6, 6.07) is 9.79. The lowest BCUT2D eigenvalue weighted by molar-refractivity contribution is 0.0105. The average molecular weight is 492 g/mol. The van der Waals surface area contributed by atoms with Crippen LogP contribution in [0.4, 0.5) is 0 Å². The van der Waals surface area contributed by atoms with Gasteiger partial charge in [-0.1, -0.05) is 70.9 Å². The fourth-order valence-electron chi connectivity index (χ4n) is 4.80. The van der Waals surface area contributed by atoms with Gasteiger partial charge in [0.15, 0.2) is 11.6 Å². The molecule has 0 unspecified atom stereocenters. The summed E-state index contributed by atoms with van der Waals surface area (Å²) in [5.41, 5.74) is 1.11. The molecule has 6 nitrogen and oxygen atoms in total. The Kier molecular flexibility index (Phi) is 11.2. The molecule has 194 valence electrons. The Balaban J connectivity index is 1.46. The Labute approximate surface area is 216 Å². The maximum Gasteiger partial charge on any atom is 0.338 e. The SMILES string of the molecule is CCCCCCCC1(C#N)CCC(OC(=O)c2ccc(-c3ncc(OCCCCC)cn3)cc2)CC1. The van der Waals surface area contributed by atoms with Crippen molar-refractivity contribution in [3.8, 4) is 23.2 Å². The minimum Gasteiger partial charge on any atom is -0.490 e. The van der Waals surface area contributed by atoms with Gasteiger partial charge in [-0.15, -0.1) is 0 Å². The third-order valence-electron chi connectivity index (χ3n) is 7.18. The Morgan fingerprint density at radius 2 is 1.61 bits per heavy atom. The van der Waals surface area contributed by atoms with Crippen LogP contribution in [0.15, 0.2) is 36.7 Å². The second kappa shape index (κ2) is 14.6. The number of hydrogen-bond donors (Lipinski definition) is 0. The number of rotatable bonds is 14. The topological polar surface area (TPSA) is 85.1 Å². The summed E-state index contributed by atoms with van der Waals surface area (Å²) in [4.78, 5) is 21.5. The Morgan fingerprint density at radius 3 is 2.25 bits per heavy atom. The third kappa shape index (κ3) is 8.33. The first-order valence-corrected chi connectivity index (χ1v) is 13.8. The van der Waals surface area contributed by atoms with Crippen molar-refractivity contribution in [2.45, 2.75) is 103 Å². The van der Waals surface area contributed by atoms with Gasteiger partial charge in [0.25, 0.3) is 0 Å². The van der Waals surface area contributed by atoms with E-state index in [9.17, 15) is 10.1 Å². The molecule has 0 aliphatic heterocycles. The van der Waals surface area contributed by atoms with E-state index < -0.39 is 0 Å². The minimum absolute atomic E-state index is 0.119. The highest BCUT2D eigenvalue weighted by Crippen LogP contribution is 2.41. The van der Waals surface area contributed by atoms with Gasteiger partial charge in [-0.2, -0.15) is 5.26 Å². The Bertz CT molecular complexity index is 958. The van der Waals surface area contributed by atoms with Crippen LogP contribution in [0.2, 0.25) is 0 Å². The van der Waals surface area contributed by atoms with Crippen LogP contribution in [0, 0.1) is 16.7 Å². The third-order valence-corrected chi connectivity index (χ3v) is 7.18. The first-order valence-electron chi connectivity index (χ1n) is 13.8. The van der Waals surface area contributed by atoms with Gasteiger partial charge in [-0.3, -0.25) is 0 Å². The van der Waals surface area contributed by atoms with Crippen LogP contribution in [-0.4, -0.2) is 28.6 Å². The number of unbranched alkanes of at least 4 members (excludes halogenated alkanes) is 6. The van der Waals surface area contributed by atoms with Gasteiger partial charge in [-0.05, 0) is 50.7 Å². The van der Waals surface area contributed by atoms with Crippen molar-refractivity contribution in [1.82, 2.24) is 9.97 Å². The summed E-state index contributed by atoms with van der Waals surface area (Å²) in [6.45, 7) is 5.05. The molecule has 0 amide bonds. The molecular weight excluding hydrogens is 450 g/mol. The van der Waals surface area contributed by atoms with Crippen molar-refractivity contribution in [2.75, 3.05) is 6.61 Å². The van der Waals surface area contributed by atoms with Crippen molar-refractivity contribution in [3.63, 3.8) is 0 Å². The fraction of sp³-hybridized carbons (Fsp3) is 0.600. The van der Waals surface area contributed by atoms with Crippen molar-refractivity contribution < 1.29 is 14.3 Å². The molecule has 0 saturated heterocycles. The van der Waals surface area contributed by atoms with Crippen molar-refractivity contribution >= 4 is 5.97 Å². The summed E-state index contributed by atoms with van der Waals surface area (Å²) in [7, 11) is 0. The van der Waals surface area contributed by atoms with Gasteiger partial charge in [-0.25, -0.2) is 14.8 Å². The van der Waals surface area contributed by atoms with E-state index in [4.69, 9.17) is 9.47 Å². The zero-order chi connectivity index (χ0) is 25.6. The lowest BCUT2D eigenvalue weighted by Crippen LogP contribution is -2.31. The molecule has 0 bridgehead atoms. The van der Waals surface area contributed by atoms with Crippen LogP contribution in [-0.2, 0) is 4.74 Å². The molecule has 0 atom stereocenters. The molecule has 2 aromatic rings. The van der Waals surface area contributed by atoms with Crippen LogP contribution in [0.3, 0.4) is 0 Å². The largest absolute Gasteiger partial charge is 0.490 e. The Hall–Kier alpha value is -2.94. The van der Waals surface area contributed by atoms with Gasteiger partial charge in [0.1, 0.15) is 6.10 Å². The average Bonchev–Trinajstić information content (AvgIpc) is 2.92. The van der Waals surface area contributed by atoms with Gasteiger partial charge in [0, 0.05) is 5.56 Å². The zero-order valence-electron chi connectivity index (χ0n) is 22.0. The molecule has 1 heterocycles. The van der Waals surface area contributed by atoms with Crippen LogP contribution in [0.25, 0.3) is 11.4 Å². The number of benzene rings is 1. The highest BCUT2D eigenvalue weighted by Gasteiger charge is 2.36. The van der Waals surface area contributed by atoms with E-state index >= 15 is 0 Å². The number of nitriles is 1. The predicted octanol–water partition coefficient (Wildman–Crippen LogP) is 7.68. The summed E-state index contributed by atoms with van der Waals surface area (Å²) >= 11 is 0. The van der Waals surface area contributed by atoms with E-state index in [0.717, 1.165) is 63.4 Å². The molecule has 1 aromatic heterocycles. The van der Waals surface area contributed by atoms with Gasteiger partial charge in [0.05, 0.1) is 36.0 Å². The number of ether oxygens (including phenoxy) is 2. The van der Waals surface area contributed by atoms with Crippen LogP contribution < -0.4 is 4.74 Å². The predicted molar refractivity (Wildman–Crippen MR) is 142 cm³/mol. The van der Waals surface area contributed by atoms with Gasteiger partial charge in [0.2, 0.25) is 0 Å². The van der Waals surface area contributed by atoms with Crippen LogP contribution in [0.5, 0.6) is 5.75 Å². The Morgan fingerprint density at radius 1 is 0.972 bits per heavy atom. The summed E-state index contributed by atoms with van der Waals surface area (Å²) in [6.07, 6.45) is 16.7. The second-order valence-corrected chi connectivity index (χ2v) is 10.0. The summed E-state index contributed by atoms with van der Waals surface area (Å²) in [5.74, 6) is 0.942. The normalized spacial score (nSPS) is 19.4. The van der Waals surface area contributed by atoms with E-state index in [-0.39, 0.29) is 17.5 Å². The molecule has 0 spiro atoms. The van der Waals surface area contributed by atoms with Gasteiger partial charge >= 0.3 is 5.97 Å². The molecule has 0 radical (unpaired) electrons. The van der Waals surface area contributed by atoms with Crippen LogP contribution in [0.1, 0.15) is 108 Å². The number of esters is 1. The van der Waals surface area contributed by atoms with Gasteiger partial charge < -0.3 is 9.47 Å². The highest BCUT2D eigenvalue weighted by molar-refractivity contribution is 5.90. The van der Waals surface area contributed by atoms with E-state index in [0.29, 0.717) is 23.7 Å².